The molecule has 0 amide bonds. The van der Waals surface area contributed by atoms with Gasteiger partial charge in [0.2, 0.25) is 0 Å². The van der Waals surface area contributed by atoms with Gasteiger partial charge in [0.05, 0.1) is 4.88 Å². The zero-order valence-corrected chi connectivity index (χ0v) is 8.86. The predicted molar refractivity (Wildman–Crippen MR) is 56.2 cm³/mol. The Morgan fingerprint density at radius 1 is 1.62 bits per heavy atom. The summed E-state index contributed by atoms with van der Waals surface area (Å²) in [6.45, 7) is 4.59. The standard InChI is InChI=1S/C10H15NOS/c1-7(6-11)5-9(12)10-4-3-8(2)13-10/h3-4,7H,5-6,11H2,1-2H3. The first kappa shape index (κ1) is 10.4. The van der Waals surface area contributed by atoms with E-state index in [2.05, 4.69) is 0 Å². The minimum absolute atomic E-state index is 0.219. The molecule has 0 saturated heterocycles. The molecule has 1 aromatic heterocycles. The zero-order valence-electron chi connectivity index (χ0n) is 8.04. The number of thiophene rings is 1. The van der Waals surface area contributed by atoms with Gasteiger partial charge >= 0.3 is 0 Å². The van der Waals surface area contributed by atoms with Crippen molar-refractivity contribution in [3.8, 4) is 0 Å². The number of carbonyl (C=O) groups is 1. The van der Waals surface area contributed by atoms with Crippen molar-refractivity contribution < 1.29 is 4.79 Å². The molecule has 0 aliphatic carbocycles. The van der Waals surface area contributed by atoms with Crippen LogP contribution in [0.4, 0.5) is 0 Å². The summed E-state index contributed by atoms with van der Waals surface area (Å²) in [6, 6.07) is 3.87. The number of nitrogens with two attached hydrogens (primary N) is 1. The van der Waals surface area contributed by atoms with E-state index in [9.17, 15) is 4.79 Å². The van der Waals surface area contributed by atoms with E-state index >= 15 is 0 Å². The number of rotatable bonds is 4. The third-order valence-electron chi connectivity index (χ3n) is 1.95. The SMILES string of the molecule is Cc1ccc(C(=O)CC(C)CN)s1. The number of aryl methyl sites for hydroxylation is 1. The highest BCUT2D eigenvalue weighted by molar-refractivity contribution is 7.14. The molecular weight excluding hydrogens is 182 g/mol. The lowest BCUT2D eigenvalue weighted by molar-refractivity contribution is 0.0970. The Morgan fingerprint density at radius 3 is 2.77 bits per heavy atom. The Hall–Kier alpha value is -0.670. The molecule has 0 fully saturated rings. The summed E-state index contributed by atoms with van der Waals surface area (Å²) in [5, 5.41) is 0. The summed E-state index contributed by atoms with van der Waals surface area (Å²) in [5.41, 5.74) is 5.45. The quantitative estimate of drug-likeness (QED) is 0.752. The molecular formula is C10H15NOS. The second-order valence-electron chi connectivity index (χ2n) is 3.38. The summed E-state index contributed by atoms with van der Waals surface area (Å²) >= 11 is 1.56. The summed E-state index contributed by atoms with van der Waals surface area (Å²) in [6.07, 6.45) is 0.566. The maximum absolute atomic E-state index is 11.6. The Balaban J connectivity index is 2.58. The van der Waals surface area contributed by atoms with Gasteiger partial charge in [-0.1, -0.05) is 6.92 Å². The van der Waals surface area contributed by atoms with Crippen LogP contribution in [0.15, 0.2) is 12.1 Å². The Kier molecular flexibility index (Phi) is 3.63. The Morgan fingerprint density at radius 2 is 2.31 bits per heavy atom. The van der Waals surface area contributed by atoms with Crippen LogP contribution in [0.25, 0.3) is 0 Å². The van der Waals surface area contributed by atoms with Gasteiger partial charge in [-0.05, 0) is 31.5 Å². The van der Waals surface area contributed by atoms with Crippen LogP contribution in [0.2, 0.25) is 0 Å². The number of hydrogen-bond donors (Lipinski definition) is 1. The summed E-state index contributed by atoms with van der Waals surface area (Å²) in [7, 11) is 0. The van der Waals surface area contributed by atoms with Crippen molar-refractivity contribution in [2.45, 2.75) is 20.3 Å². The van der Waals surface area contributed by atoms with E-state index in [0.29, 0.717) is 13.0 Å². The van der Waals surface area contributed by atoms with Gasteiger partial charge in [0.25, 0.3) is 0 Å². The van der Waals surface area contributed by atoms with Crippen LogP contribution in [0, 0.1) is 12.8 Å². The van der Waals surface area contributed by atoms with Crippen molar-refractivity contribution in [2.24, 2.45) is 11.7 Å². The Bertz CT molecular complexity index is 293. The minimum Gasteiger partial charge on any atom is -0.330 e. The molecule has 72 valence electrons. The first-order valence-electron chi connectivity index (χ1n) is 4.43. The lowest BCUT2D eigenvalue weighted by Crippen LogP contribution is -2.14. The van der Waals surface area contributed by atoms with Gasteiger partial charge in [0.1, 0.15) is 0 Å². The van der Waals surface area contributed by atoms with Crippen molar-refractivity contribution in [1.29, 1.82) is 0 Å². The molecule has 0 radical (unpaired) electrons. The lowest BCUT2D eigenvalue weighted by atomic mass is 10.0. The monoisotopic (exact) mass is 197 g/mol. The second-order valence-corrected chi connectivity index (χ2v) is 4.67. The van der Waals surface area contributed by atoms with E-state index in [0.717, 1.165) is 4.88 Å². The van der Waals surface area contributed by atoms with Gasteiger partial charge in [0.15, 0.2) is 5.78 Å². The molecule has 0 aliphatic rings. The smallest absolute Gasteiger partial charge is 0.173 e. The highest BCUT2D eigenvalue weighted by Crippen LogP contribution is 2.18. The van der Waals surface area contributed by atoms with E-state index in [1.165, 1.54) is 4.88 Å². The molecule has 2 N–H and O–H groups in total. The fraction of sp³-hybridized carbons (Fsp3) is 0.500. The summed E-state index contributed by atoms with van der Waals surface area (Å²) < 4.78 is 0. The van der Waals surface area contributed by atoms with Gasteiger partial charge in [-0.2, -0.15) is 0 Å². The van der Waals surface area contributed by atoms with E-state index in [4.69, 9.17) is 5.73 Å². The normalized spacial score (nSPS) is 12.8. The van der Waals surface area contributed by atoms with Crippen LogP contribution < -0.4 is 5.73 Å². The molecule has 1 rings (SSSR count). The fourth-order valence-electron chi connectivity index (χ4n) is 1.08. The van der Waals surface area contributed by atoms with Gasteiger partial charge in [-0.25, -0.2) is 0 Å². The van der Waals surface area contributed by atoms with E-state index in [1.807, 2.05) is 26.0 Å². The maximum Gasteiger partial charge on any atom is 0.173 e. The molecule has 1 unspecified atom stereocenters. The van der Waals surface area contributed by atoms with E-state index in [-0.39, 0.29) is 11.7 Å². The van der Waals surface area contributed by atoms with Crippen molar-refractivity contribution in [3.05, 3.63) is 21.9 Å². The number of Topliss-reactive ketones (excluding diaryl/α,β-unsaturated/α-hetero) is 1. The molecule has 2 nitrogen and oxygen atoms in total. The van der Waals surface area contributed by atoms with E-state index in [1.54, 1.807) is 11.3 Å². The first-order chi connectivity index (χ1) is 6.13. The average molecular weight is 197 g/mol. The molecule has 0 spiro atoms. The molecule has 1 aromatic rings. The van der Waals surface area contributed by atoms with Gasteiger partial charge in [-0.15, -0.1) is 11.3 Å². The second kappa shape index (κ2) is 4.53. The van der Waals surface area contributed by atoms with Crippen molar-refractivity contribution in [2.75, 3.05) is 6.54 Å². The molecule has 3 heteroatoms. The molecule has 0 aliphatic heterocycles. The van der Waals surface area contributed by atoms with Gasteiger partial charge in [0, 0.05) is 11.3 Å². The van der Waals surface area contributed by atoms with Crippen LogP contribution in [-0.2, 0) is 0 Å². The van der Waals surface area contributed by atoms with Crippen LogP contribution in [-0.4, -0.2) is 12.3 Å². The highest BCUT2D eigenvalue weighted by Gasteiger charge is 2.11. The topological polar surface area (TPSA) is 43.1 Å². The molecule has 13 heavy (non-hydrogen) atoms. The largest absolute Gasteiger partial charge is 0.330 e. The van der Waals surface area contributed by atoms with E-state index < -0.39 is 0 Å². The fourth-order valence-corrected chi connectivity index (χ4v) is 1.90. The molecule has 1 atom stereocenters. The van der Waals surface area contributed by atoms with Crippen LogP contribution >= 0.6 is 11.3 Å². The third kappa shape index (κ3) is 2.94. The van der Waals surface area contributed by atoms with Crippen molar-refractivity contribution in [1.82, 2.24) is 0 Å². The molecule has 0 aromatic carbocycles. The number of ketones is 1. The molecule has 0 bridgehead atoms. The highest BCUT2D eigenvalue weighted by atomic mass is 32.1. The predicted octanol–water partition coefficient (Wildman–Crippen LogP) is 2.22. The molecule has 0 saturated carbocycles. The minimum atomic E-state index is 0.219. The molecule has 1 heterocycles. The van der Waals surface area contributed by atoms with Gasteiger partial charge in [-0.3, -0.25) is 4.79 Å². The first-order valence-corrected chi connectivity index (χ1v) is 5.25. The third-order valence-corrected chi connectivity index (χ3v) is 2.99. The summed E-state index contributed by atoms with van der Waals surface area (Å²) in [4.78, 5) is 13.6. The number of hydrogen-bond acceptors (Lipinski definition) is 3. The van der Waals surface area contributed by atoms with Crippen LogP contribution in [0.5, 0.6) is 0 Å². The maximum atomic E-state index is 11.6. The lowest BCUT2D eigenvalue weighted by Gasteiger charge is -2.04. The van der Waals surface area contributed by atoms with Crippen LogP contribution in [0.1, 0.15) is 27.9 Å². The Labute approximate surface area is 82.8 Å². The zero-order chi connectivity index (χ0) is 9.84. The number of carbonyl (C=O) groups excluding carboxylic acids is 1. The van der Waals surface area contributed by atoms with Gasteiger partial charge < -0.3 is 5.73 Å². The van der Waals surface area contributed by atoms with Crippen LogP contribution in [0.3, 0.4) is 0 Å². The van der Waals surface area contributed by atoms with Crippen molar-refractivity contribution in [3.63, 3.8) is 0 Å². The average Bonchev–Trinajstić information content (AvgIpc) is 2.51. The summed E-state index contributed by atoms with van der Waals surface area (Å²) in [5.74, 6) is 0.506. The van der Waals surface area contributed by atoms with Crippen molar-refractivity contribution >= 4 is 17.1 Å².